The van der Waals surface area contributed by atoms with Gasteiger partial charge in [0.2, 0.25) is 0 Å². The molecule has 0 radical (unpaired) electrons. The molecule has 6 heteroatoms. The van der Waals surface area contributed by atoms with Gasteiger partial charge in [-0.05, 0) is 25.0 Å². The van der Waals surface area contributed by atoms with E-state index in [-0.39, 0.29) is 5.56 Å². The number of H-pyrrole nitrogens is 1. The highest BCUT2D eigenvalue weighted by Gasteiger charge is 2.08. The van der Waals surface area contributed by atoms with Crippen LogP contribution in [0.3, 0.4) is 0 Å². The maximum Gasteiger partial charge on any atom is 0.293 e. The molecule has 0 aromatic carbocycles. The zero-order chi connectivity index (χ0) is 13.7. The van der Waals surface area contributed by atoms with E-state index < -0.39 is 5.56 Å². The quantitative estimate of drug-likeness (QED) is 0.849. The molecule has 0 aliphatic carbocycles. The van der Waals surface area contributed by atoms with Gasteiger partial charge in [0.05, 0.1) is 0 Å². The van der Waals surface area contributed by atoms with E-state index in [1.54, 1.807) is 19.3 Å². The summed E-state index contributed by atoms with van der Waals surface area (Å²) < 4.78 is 0. The molecule has 0 fully saturated rings. The first-order chi connectivity index (χ1) is 9.20. The van der Waals surface area contributed by atoms with Crippen molar-refractivity contribution in [3.63, 3.8) is 0 Å². The van der Waals surface area contributed by atoms with E-state index in [0.717, 1.165) is 12.0 Å². The molecule has 0 spiro atoms. The Morgan fingerprint density at radius 1 is 1.53 bits per heavy atom. The van der Waals surface area contributed by atoms with Crippen LogP contribution in [0.15, 0.2) is 29.3 Å². The van der Waals surface area contributed by atoms with Crippen LogP contribution in [-0.4, -0.2) is 21.5 Å². The molecule has 19 heavy (non-hydrogen) atoms. The summed E-state index contributed by atoms with van der Waals surface area (Å²) in [4.78, 5) is 22.1. The molecular formula is C13H13N5O. The van der Waals surface area contributed by atoms with E-state index in [9.17, 15) is 4.79 Å². The number of hydrogen-bond donors (Lipinski definition) is 2. The van der Waals surface area contributed by atoms with Gasteiger partial charge in [-0.2, -0.15) is 10.2 Å². The molecule has 0 aliphatic heterocycles. The highest BCUT2D eigenvalue weighted by molar-refractivity contribution is 5.50. The predicted molar refractivity (Wildman–Crippen MR) is 70.7 cm³/mol. The minimum Gasteiger partial charge on any atom is -0.370 e. The molecule has 0 aliphatic rings. The molecule has 0 atom stereocenters. The second-order valence-electron chi connectivity index (χ2n) is 4.03. The van der Waals surface area contributed by atoms with Crippen molar-refractivity contribution >= 4 is 5.82 Å². The van der Waals surface area contributed by atoms with Crippen LogP contribution in [0, 0.1) is 18.3 Å². The maximum absolute atomic E-state index is 11.5. The van der Waals surface area contributed by atoms with E-state index in [4.69, 9.17) is 5.26 Å². The van der Waals surface area contributed by atoms with Crippen LogP contribution in [0.2, 0.25) is 0 Å². The van der Waals surface area contributed by atoms with Crippen molar-refractivity contribution in [2.45, 2.75) is 13.3 Å². The minimum absolute atomic E-state index is 0.0109. The summed E-state index contributed by atoms with van der Waals surface area (Å²) in [6.07, 6.45) is 4.25. The normalized spacial score (nSPS) is 9.89. The number of hydrogen-bond acceptors (Lipinski definition) is 5. The van der Waals surface area contributed by atoms with Gasteiger partial charge < -0.3 is 10.3 Å². The van der Waals surface area contributed by atoms with Crippen LogP contribution in [0.4, 0.5) is 5.82 Å². The zero-order valence-corrected chi connectivity index (χ0v) is 10.5. The smallest absolute Gasteiger partial charge is 0.293 e. The van der Waals surface area contributed by atoms with Gasteiger partial charge >= 0.3 is 0 Å². The Bertz CT molecular complexity index is 657. The molecule has 2 N–H and O–H groups in total. The first kappa shape index (κ1) is 12.8. The molecule has 6 nitrogen and oxygen atoms in total. The lowest BCUT2D eigenvalue weighted by atomic mass is 10.2. The van der Waals surface area contributed by atoms with Crippen LogP contribution in [0.5, 0.6) is 0 Å². The Labute approximate surface area is 110 Å². The largest absolute Gasteiger partial charge is 0.370 e. The Kier molecular flexibility index (Phi) is 3.88. The minimum atomic E-state index is -0.511. The van der Waals surface area contributed by atoms with Gasteiger partial charge in [0.25, 0.3) is 5.56 Å². The molecule has 0 saturated carbocycles. The van der Waals surface area contributed by atoms with Crippen LogP contribution in [-0.2, 0) is 6.42 Å². The van der Waals surface area contributed by atoms with Gasteiger partial charge in [0.1, 0.15) is 17.7 Å². The molecule has 0 bridgehead atoms. The standard InChI is InChI=1S/C13H13N5O/c1-9-17-12(11(7-14)13(19)18-9)16-6-4-10-3-2-5-15-8-10/h2-3,5,8H,4,6H2,1H3,(H2,16,17,18,19). The third-order valence-electron chi connectivity index (χ3n) is 2.59. The van der Waals surface area contributed by atoms with Gasteiger partial charge in [-0.15, -0.1) is 0 Å². The summed E-state index contributed by atoms with van der Waals surface area (Å²) in [7, 11) is 0. The fourth-order valence-corrected chi connectivity index (χ4v) is 1.70. The fraction of sp³-hybridized carbons (Fsp3) is 0.231. The second-order valence-corrected chi connectivity index (χ2v) is 4.03. The van der Waals surface area contributed by atoms with Gasteiger partial charge in [-0.1, -0.05) is 6.07 Å². The number of nitrogens with zero attached hydrogens (tertiary/aromatic N) is 3. The molecule has 96 valence electrons. The number of aryl methyl sites for hydroxylation is 1. The summed E-state index contributed by atoms with van der Waals surface area (Å²) in [6, 6.07) is 5.70. The lowest BCUT2D eigenvalue weighted by Crippen LogP contribution is -2.18. The van der Waals surface area contributed by atoms with Crippen molar-refractivity contribution in [3.8, 4) is 6.07 Å². The van der Waals surface area contributed by atoms with Gasteiger partial charge in [0, 0.05) is 18.9 Å². The van der Waals surface area contributed by atoms with Crippen LogP contribution < -0.4 is 10.9 Å². The van der Waals surface area contributed by atoms with E-state index in [1.165, 1.54) is 0 Å². The number of pyridine rings is 1. The average molecular weight is 255 g/mol. The van der Waals surface area contributed by atoms with Crippen molar-refractivity contribution in [2.75, 3.05) is 11.9 Å². The summed E-state index contributed by atoms with van der Waals surface area (Å²) >= 11 is 0. The van der Waals surface area contributed by atoms with Crippen LogP contribution >= 0.6 is 0 Å². The number of rotatable bonds is 4. The summed E-state index contributed by atoms with van der Waals surface area (Å²) in [5.41, 5.74) is 0.584. The van der Waals surface area contributed by atoms with Crippen molar-refractivity contribution in [2.24, 2.45) is 0 Å². The maximum atomic E-state index is 11.5. The first-order valence-corrected chi connectivity index (χ1v) is 5.84. The highest BCUT2D eigenvalue weighted by Crippen LogP contribution is 2.06. The number of aromatic nitrogens is 3. The van der Waals surface area contributed by atoms with E-state index in [2.05, 4.69) is 20.3 Å². The Morgan fingerprint density at radius 3 is 3.05 bits per heavy atom. The Hall–Kier alpha value is -2.68. The number of nitrogens with one attached hydrogen (secondary N) is 2. The first-order valence-electron chi connectivity index (χ1n) is 5.84. The molecule has 2 heterocycles. The summed E-state index contributed by atoms with van der Waals surface area (Å²) in [5, 5.41) is 12.0. The van der Waals surface area contributed by atoms with Crippen LogP contribution in [0.25, 0.3) is 0 Å². The topological polar surface area (TPSA) is 94.5 Å². The number of anilines is 1. The molecule has 2 aromatic heterocycles. The van der Waals surface area contributed by atoms with Gasteiger partial charge in [0.15, 0.2) is 5.56 Å². The zero-order valence-electron chi connectivity index (χ0n) is 10.5. The van der Waals surface area contributed by atoms with Gasteiger partial charge in [-0.25, -0.2) is 0 Å². The Balaban J connectivity index is 2.08. The molecular weight excluding hydrogens is 242 g/mol. The molecule has 2 aromatic rings. The lowest BCUT2D eigenvalue weighted by Gasteiger charge is -2.08. The van der Waals surface area contributed by atoms with E-state index in [1.807, 2.05) is 18.2 Å². The number of nitriles is 1. The average Bonchev–Trinajstić information content (AvgIpc) is 2.39. The van der Waals surface area contributed by atoms with Crippen molar-refractivity contribution in [1.29, 1.82) is 5.26 Å². The lowest BCUT2D eigenvalue weighted by molar-refractivity contribution is 0.958. The third-order valence-corrected chi connectivity index (χ3v) is 2.59. The van der Waals surface area contributed by atoms with E-state index >= 15 is 0 Å². The predicted octanol–water partition coefficient (Wildman–Crippen LogP) is 1.000. The van der Waals surface area contributed by atoms with Crippen molar-refractivity contribution in [3.05, 3.63) is 51.8 Å². The fourth-order valence-electron chi connectivity index (χ4n) is 1.70. The second kappa shape index (κ2) is 5.78. The number of aromatic amines is 1. The monoisotopic (exact) mass is 255 g/mol. The highest BCUT2D eigenvalue weighted by atomic mass is 16.1. The third kappa shape index (κ3) is 3.16. The molecule has 0 unspecified atom stereocenters. The Morgan fingerprint density at radius 2 is 2.37 bits per heavy atom. The van der Waals surface area contributed by atoms with Crippen molar-refractivity contribution < 1.29 is 0 Å². The molecule has 2 rings (SSSR count). The molecule has 0 amide bonds. The van der Waals surface area contributed by atoms with Crippen molar-refractivity contribution in [1.82, 2.24) is 15.0 Å². The van der Waals surface area contributed by atoms with Crippen LogP contribution in [0.1, 0.15) is 17.0 Å². The van der Waals surface area contributed by atoms with Gasteiger partial charge in [-0.3, -0.25) is 9.78 Å². The summed E-state index contributed by atoms with van der Waals surface area (Å²) in [5.74, 6) is 0.900. The molecule has 0 saturated heterocycles. The summed E-state index contributed by atoms with van der Waals surface area (Å²) in [6.45, 7) is 2.27. The SMILES string of the molecule is Cc1nc(=O)c(C#N)c(NCCc2cccnc2)[nH]1. The van der Waals surface area contributed by atoms with E-state index in [0.29, 0.717) is 18.2 Å².